The maximum absolute atomic E-state index is 12.8. The highest BCUT2D eigenvalue weighted by atomic mass is 32.2. The van der Waals surface area contributed by atoms with Crippen LogP contribution in [0.15, 0.2) is 41.8 Å². The molecule has 0 saturated carbocycles. The second-order valence-electron chi connectivity index (χ2n) is 5.29. The summed E-state index contributed by atoms with van der Waals surface area (Å²) in [6.45, 7) is 0.300. The van der Waals surface area contributed by atoms with Gasteiger partial charge in [-0.3, -0.25) is 10.2 Å². The van der Waals surface area contributed by atoms with E-state index in [9.17, 15) is 13.2 Å². The predicted octanol–water partition coefficient (Wildman–Crippen LogP) is 0.210. The van der Waals surface area contributed by atoms with Crippen LogP contribution in [0.4, 0.5) is 0 Å². The number of ether oxygens (including phenoxy) is 1. The highest BCUT2D eigenvalue weighted by Crippen LogP contribution is 2.27. The van der Waals surface area contributed by atoms with E-state index >= 15 is 0 Å². The van der Waals surface area contributed by atoms with E-state index in [-0.39, 0.29) is 4.90 Å². The van der Waals surface area contributed by atoms with Crippen LogP contribution >= 0.6 is 0 Å². The molecule has 3 rings (SSSR count). The van der Waals surface area contributed by atoms with E-state index in [1.54, 1.807) is 12.1 Å². The maximum Gasteiger partial charge on any atom is 0.257 e. The van der Waals surface area contributed by atoms with E-state index in [4.69, 9.17) is 4.74 Å². The number of hydrogen-bond donors (Lipinski definition) is 1. The van der Waals surface area contributed by atoms with Gasteiger partial charge in [0.25, 0.3) is 5.91 Å². The van der Waals surface area contributed by atoms with Crippen LogP contribution in [0.25, 0.3) is 0 Å². The molecular weight excluding hydrogens is 334 g/mol. The Hall–Kier alpha value is -2.46. The summed E-state index contributed by atoms with van der Waals surface area (Å²) in [6.07, 6.45) is 3.74. The zero-order chi connectivity index (χ0) is 17.2. The Bertz CT molecular complexity index is 804. The van der Waals surface area contributed by atoms with Crippen molar-refractivity contribution in [2.45, 2.75) is 23.8 Å². The number of nitrogens with one attached hydrogen (secondary N) is 1. The third-order valence-electron chi connectivity index (χ3n) is 3.83. The summed E-state index contributed by atoms with van der Waals surface area (Å²) in [7, 11) is -2.25. The number of rotatable bonds is 5. The lowest BCUT2D eigenvalue weighted by Gasteiger charge is -2.23. The minimum atomic E-state index is -3.76. The third-order valence-corrected chi connectivity index (χ3v) is 5.75. The maximum atomic E-state index is 12.8. The molecule has 10 heteroatoms. The second-order valence-corrected chi connectivity index (χ2v) is 7.19. The molecule has 1 N–H and O–H groups in total. The first-order chi connectivity index (χ1) is 11.5. The number of nitrogens with zero attached hydrogens (tertiary/aromatic N) is 4. The second kappa shape index (κ2) is 6.57. The Kier molecular flexibility index (Phi) is 4.49. The van der Waals surface area contributed by atoms with Crippen molar-refractivity contribution >= 4 is 15.9 Å². The van der Waals surface area contributed by atoms with Gasteiger partial charge in [0.2, 0.25) is 10.0 Å². The first-order valence-corrected chi connectivity index (χ1v) is 8.78. The van der Waals surface area contributed by atoms with Crippen molar-refractivity contribution in [3.05, 3.63) is 36.9 Å². The van der Waals surface area contributed by atoms with E-state index in [0.717, 1.165) is 0 Å². The Morgan fingerprint density at radius 3 is 2.54 bits per heavy atom. The summed E-state index contributed by atoms with van der Waals surface area (Å²) in [5, 5.41) is 7.18. The zero-order valence-corrected chi connectivity index (χ0v) is 13.8. The SMILES string of the molecule is COc1ccc(S(=O)(=O)N2CCC[C@H]2C(=O)Nn2cnnc2)cc1. The molecule has 24 heavy (non-hydrogen) atoms. The van der Waals surface area contributed by atoms with Crippen molar-refractivity contribution in [3.63, 3.8) is 0 Å². The first kappa shape index (κ1) is 16.4. The van der Waals surface area contributed by atoms with Gasteiger partial charge in [-0.15, -0.1) is 10.2 Å². The summed E-state index contributed by atoms with van der Waals surface area (Å²) >= 11 is 0. The molecule has 0 unspecified atom stereocenters. The number of sulfonamides is 1. The predicted molar refractivity (Wildman–Crippen MR) is 84.3 cm³/mol. The standard InChI is InChI=1S/C14H17N5O4S/c1-23-11-4-6-12(7-5-11)24(21,22)19-8-2-3-13(19)14(20)17-18-9-15-16-10-18/h4-7,9-10,13H,2-3,8H2,1H3,(H,17,20)/t13-/m0/s1. The number of methoxy groups -OCH3 is 1. The molecule has 9 nitrogen and oxygen atoms in total. The first-order valence-electron chi connectivity index (χ1n) is 7.34. The third kappa shape index (κ3) is 3.10. The molecule has 128 valence electrons. The van der Waals surface area contributed by atoms with Gasteiger partial charge in [0, 0.05) is 6.54 Å². The van der Waals surface area contributed by atoms with Crippen molar-refractivity contribution in [3.8, 4) is 5.75 Å². The van der Waals surface area contributed by atoms with Crippen LogP contribution in [-0.2, 0) is 14.8 Å². The van der Waals surface area contributed by atoms with Crippen LogP contribution in [0, 0.1) is 0 Å². The van der Waals surface area contributed by atoms with E-state index < -0.39 is 22.0 Å². The fourth-order valence-corrected chi connectivity index (χ4v) is 4.29. The lowest BCUT2D eigenvalue weighted by atomic mass is 10.2. The number of benzene rings is 1. The van der Waals surface area contributed by atoms with Gasteiger partial charge >= 0.3 is 0 Å². The minimum absolute atomic E-state index is 0.132. The Balaban J connectivity index is 1.81. The summed E-state index contributed by atoms with van der Waals surface area (Å²) in [6, 6.07) is 5.34. The highest BCUT2D eigenvalue weighted by molar-refractivity contribution is 7.89. The molecule has 2 heterocycles. The van der Waals surface area contributed by atoms with Gasteiger partial charge in [-0.05, 0) is 37.1 Å². The molecule has 1 amide bonds. The molecule has 1 aromatic carbocycles. The minimum Gasteiger partial charge on any atom is -0.497 e. The summed E-state index contributed by atoms with van der Waals surface area (Å²) in [5.41, 5.74) is 2.56. The fraction of sp³-hybridized carbons (Fsp3) is 0.357. The Morgan fingerprint density at radius 1 is 1.25 bits per heavy atom. The summed E-state index contributed by atoms with van der Waals surface area (Å²) < 4.78 is 33.2. The molecule has 1 saturated heterocycles. The van der Waals surface area contributed by atoms with Crippen LogP contribution in [0.2, 0.25) is 0 Å². The fourth-order valence-electron chi connectivity index (χ4n) is 2.63. The number of amides is 1. The summed E-state index contributed by atoms with van der Waals surface area (Å²) in [5.74, 6) is 0.154. The van der Waals surface area contributed by atoms with E-state index in [0.29, 0.717) is 25.1 Å². The van der Waals surface area contributed by atoms with E-state index in [1.807, 2.05) is 0 Å². The molecule has 0 radical (unpaired) electrons. The van der Waals surface area contributed by atoms with E-state index in [1.165, 1.54) is 40.9 Å². The quantitative estimate of drug-likeness (QED) is 0.825. The van der Waals surface area contributed by atoms with Crippen molar-refractivity contribution in [2.75, 3.05) is 19.1 Å². The number of carbonyl (C=O) groups is 1. The lowest BCUT2D eigenvalue weighted by molar-refractivity contribution is -0.120. The van der Waals surface area contributed by atoms with Gasteiger partial charge in [0.15, 0.2) is 0 Å². The molecular formula is C14H17N5O4S. The topological polar surface area (TPSA) is 106 Å². The number of carbonyl (C=O) groups excluding carboxylic acids is 1. The van der Waals surface area contributed by atoms with Crippen molar-refractivity contribution < 1.29 is 17.9 Å². The molecule has 1 aromatic heterocycles. The van der Waals surface area contributed by atoms with Gasteiger partial charge in [-0.2, -0.15) is 4.31 Å². The Labute approximate surface area is 139 Å². The Morgan fingerprint density at radius 2 is 1.92 bits per heavy atom. The molecule has 1 aliphatic rings. The molecule has 0 aliphatic carbocycles. The van der Waals surface area contributed by atoms with Gasteiger partial charge in [0.1, 0.15) is 24.4 Å². The number of hydrogen-bond acceptors (Lipinski definition) is 6. The molecule has 0 spiro atoms. The van der Waals surface area contributed by atoms with Gasteiger partial charge < -0.3 is 4.74 Å². The molecule has 1 aliphatic heterocycles. The molecule has 1 fully saturated rings. The normalized spacial score (nSPS) is 18.5. The van der Waals surface area contributed by atoms with Crippen LogP contribution < -0.4 is 10.2 Å². The smallest absolute Gasteiger partial charge is 0.257 e. The average molecular weight is 351 g/mol. The number of aromatic nitrogens is 3. The highest BCUT2D eigenvalue weighted by Gasteiger charge is 2.39. The molecule has 0 bridgehead atoms. The van der Waals surface area contributed by atoms with Gasteiger partial charge in [-0.1, -0.05) is 0 Å². The summed E-state index contributed by atoms with van der Waals surface area (Å²) in [4.78, 5) is 12.5. The molecule has 1 atom stereocenters. The largest absolute Gasteiger partial charge is 0.497 e. The van der Waals surface area contributed by atoms with E-state index in [2.05, 4.69) is 15.6 Å². The van der Waals surface area contributed by atoms with Gasteiger partial charge in [-0.25, -0.2) is 13.1 Å². The van der Waals surface area contributed by atoms with Crippen LogP contribution in [-0.4, -0.2) is 53.2 Å². The zero-order valence-electron chi connectivity index (χ0n) is 13.0. The van der Waals surface area contributed by atoms with Crippen molar-refractivity contribution in [1.82, 2.24) is 19.2 Å². The lowest BCUT2D eigenvalue weighted by Crippen LogP contribution is -2.44. The monoisotopic (exact) mass is 351 g/mol. The molecule has 2 aromatic rings. The van der Waals surface area contributed by atoms with Crippen molar-refractivity contribution in [2.24, 2.45) is 0 Å². The van der Waals surface area contributed by atoms with Gasteiger partial charge in [0.05, 0.1) is 12.0 Å². The average Bonchev–Trinajstić information content (AvgIpc) is 3.26. The van der Waals surface area contributed by atoms with Crippen LogP contribution in [0.1, 0.15) is 12.8 Å². The van der Waals surface area contributed by atoms with Crippen LogP contribution in [0.3, 0.4) is 0 Å². The van der Waals surface area contributed by atoms with Crippen molar-refractivity contribution in [1.29, 1.82) is 0 Å². The van der Waals surface area contributed by atoms with Crippen LogP contribution in [0.5, 0.6) is 5.75 Å².